The van der Waals surface area contributed by atoms with E-state index in [0.29, 0.717) is 11.8 Å². The Morgan fingerprint density at radius 3 is 2.70 bits per heavy atom. The first-order valence-corrected chi connectivity index (χ1v) is 4.08. The first-order chi connectivity index (χ1) is 4.76. The second-order valence-electron chi connectivity index (χ2n) is 3.58. The van der Waals surface area contributed by atoms with Gasteiger partial charge in [0.15, 0.2) is 0 Å². The van der Waals surface area contributed by atoms with E-state index in [9.17, 15) is 4.79 Å². The molecule has 1 amide bonds. The van der Waals surface area contributed by atoms with E-state index in [0.717, 1.165) is 12.8 Å². The minimum atomic E-state index is 0.289. The third kappa shape index (κ3) is 0.746. The summed E-state index contributed by atoms with van der Waals surface area (Å²) in [6.07, 6.45) is 4.54. The van der Waals surface area contributed by atoms with Crippen LogP contribution in [0, 0.1) is 5.92 Å². The van der Waals surface area contributed by atoms with Gasteiger partial charge in [0.05, 0.1) is 0 Å². The summed E-state index contributed by atoms with van der Waals surface area (Å²) in [5.41, 5.74) is 0.289. The molecule has 1 atom stereocenters. The average Bonchev–Trinajstić information content (AvgIpc) is 2.55. The number of amides is 1. The van der Waals surface area contributed by atoms with E-state index >= 15 is 0 Å². The molecule has 1 spiro atoms. The van der Waals surface area contributed by atoms with Gasteiger partial charge in [0.25, 0.3) is 0 Å². The van der Waals surface area contributed by atoms with E-state index in [1.807, 2.05) is 0 Å². The van der Waals surface area contributed by atoms with Gasteiger partial charge in [-0.2, -0.15) is 0 Å². The minimum Gasteiger partial charge on any atom is -0.350 e. The number of rotatable bonds is 1. The van der Waals surface area contributed by atoms with Gasteiger partial charge >= 0.3 is 0 Å². The van der Waals surface area contributed by atoms with Crippen LogP contribution in [0.25, 0.3) is 0 Å². The van der Waals surface area contributed by atoms with Crippen LogP contribution in [0.1, 0.15) is 32.6 Å². The molecule has 10 heavy (non-hydrogen) atoms. The molecule has 2 nitrogen and oxygen atoms in total. The van der Waals surface area contributed by atoms with E-state index in [1.165, 1.54) is 12.8 Å². The van der Waals surface area contributed by atoms with Gasteiger partial charge in [0, 0.05) is 11.5 Å². The molecule has 0 aromatic carbocycles. The standard InChI is InChI=1S/C8H13NO/c1-2-6-5-8(3-4-8)9-7(6)10/h6H,2-5H2,1H3,(H,9,10). The van der Waals surface area contributed by atoms with E-state index in [-0.39, 0.29) is 5.54 Å². The van der Waals surface area contributed by atoms with Gasteiger partial charge < -0.3 is 5.32 Å². The third-order valence-electron chi connectivity index (χ3n) is 2.74. The monoisotopic (exact) mass is 139 g/mol. The van der Waals surface area contributed by atoms with Crippen molar-refractivity contribution in [2.75, 3.05) is 0 Å². The highest BCUT2D eigenvalue weighted by Crippen LogP contribution is 2.45. The Bertz CT molecular complexity index is 172. The Morgan fingerprint density at radius 2 is 2.40 bits per heavy atom. The summed E-state index contributed by atoms with van der Waals surface area (Å²) in [5.74, 6) is 0.613. The van der Waals surface area contributed by atoms with Crippen molar-refractivity contribution in [3.63, 3.8) is 0 Å². The SMILES string of the molecule is CCC1CC2(CC2)NC1=O. The zero-order valence-electron chi connectivity index (χ0n) is 6.31. The van der Waals surface area contributed by atoms with Crippen LogP contribution in [0.15, 0.2) is 0 Å². The van der Waals surface area contributed by atoms with E-state index in [1.54, 1.807) is 0 Å². The number of hydrogen-bond acceptors (Lipinski definition) is 1. The molecule has 2 aliphatic rings. The molecule has 2 rings (SSSR count). The Hall–Kier alpha value is -0.530. The van der Waals surface area contributed by atoms with Crippen molar-refractivity contribution >= 4 is 5.91 Å². The maximum atomic E-state index is 11.1. The van der Waals surface area contributed by atoms with Gasteiger partial charge in [-0.25, -0.2) is 0 Å². The molecule has 1 heterocycles. The Morgan fingerprint density at radius 1 is 1.70 bits per heavy atom. The zero-order valence-corrected chi connectivity index (χ0v) is 6.31. The fourth-order valence-electron chi connectivity index (χ4n) is 1.79. The van der Waals surface area contributed by atoms with Crippen molar-refractivity contribution in [3.05, 3.63) is 0 Å². The van der Waals surface area contributed by atoms with Crippen LogP contribution < -0.4 is 5.32 Å². The van der Waals surface area contributed by atoms with Crippen LogP contribution in [0.3, 0.4) is 0 Å². The first-order valence-electron chi connectivity index (χ1n) is 4.08. The third-order valence-corrected chi connectivity index (χ3v) is 2.74. The summed E-state index contributed by atoms with van der Waals surface area (Å²) in [6, 6.07) is 0. The van der Waals surface area contributed by atoms with Crippen molar-refractivity contribution < 1.29 is 4.79 Å². The first kappa shape index (κ1) is 6.20. The molecule has 2 heteroatoms. The minimum absolute atomic E-state index is 0.289. The molecule has 0 radical (unpaired) electrons. The summed E-state index contributed by atoms with van der Waals surface area (Å²) < 4.78 is 0. The summed E-state index contributed by atoms with van der Waals surface area (Å²) >= 11 is 0. The molecule has 2 fully saturated rings. The van der Waals surface area contributed by atoms with Crippen LogP contribution in [0.4, 0.5) is 0 Å². The lowest BCUT2D eigenvalue weighted by Crippen LogP contribution is -2.27. The largest absolute Gasteiger partial charge is 0.350 e. The molecule has 1 saturated heterocycles. The van der Waals surface area contributed by atoms with Crippen LogP contribution in [-0.4, -0.2) is 11.4 Å². The van der Waals surface area contributed by atoms with Gasteiger partial charge in [-0.3, -0.25) is 4.79 Å². The van der Waals surface area contributed by atoms with E-state index in [4.69, 9.17) is 0 Å². The molecule has 0 aromatic rings. The van der Waals surface area contributed by atoms with Crippen molar-refractivity contribution in [1.82, 2.24) is 5.32 Å². The lowest BCUT2D eigenvalue weighted by atomic mass is 10.0. The molecule has 1 aliphatic heterocycles. The summed E-state index contributed by atoms with van der Waals surface area (Å²) in [6.45, 7) is 2.09. The smallest absolute Gasteiger partial charge is 0.223 e. The predicted molar refractivity (Wildman–Crippen MR) is 38.5 cm³/mol. The Labute approximate surface area is 61.0 Å². The second kappa shape index (κ2) is 1.74. The van der Waals surface area contributed by atoms with Crippen LogP contribution in [-0.2, 0) is 4.79 Å². The summed E-state index contributed by atoms with van der Waals surface area (Å²) in [4.78, 5) is 11.1. The van der Waals surface area contributed by atoms with Crippen LogP contribution >= 0.6 is 0 Å². The van der Waals surface area contributed by atoms with Gasteiger partial charge in [-0.1, -0.05) is 6.92 Å². The summed E-state index contributed by atoms with van der Waals surface area (Å²) in [5, 5.41) is 3.07. The molecule has 56 valence electrons. The molecule has 1 unspecified atom stereocenters. The lowest BCUT2D eigenvalue weighted by Gasteiger charge is -2.02. The normalized spacial score (nSPS) is 34.5. The highest BCUT2D eigenvalue weighted by Gasteiger charge is 2.51. The quantitative estimate of drug-likeness (QED) is 0.578. The van der Waals surface area contributed by atoms with Crippen molar-refractivity contribution in [3.8, 4) is 0 Å². The maximum Gasteiger partial charge on any atom is 0.223 e. The molecule has 1 N–H and O–H groups in total. The molecular weight excluding hydrogens is 126 g/mol. The molecule has 0 bridgehead atoms. The van der Waals surface area contributed by atoms with Gasteiger partial charge in [0.2, 0.25) is 5.91 Å². The van der Waals surface area contributed by atoms with Crippen molar-refractivity contribution in [1.29, 1.82) is 0 Å². The predicted octanol–water partition coefficient (Wildman–Crippen LogP) is 1.07. The summed E-state index contributed by atoms with van der Waals surface area (Å²) in [7, 11) is 0. The maximum absolute atomic E-state index is 11.1. The molecule has 0 aromatic heterocycles. The van der Waals surface area contributed by atoms with Crippen LogP contribution in [0.2, 0.25) is 0 Å². The molecule has 1 saturated carbocycles. The second-order valence-corrected chi connectivity index (χ2v) is 3.58. The zero-order chi connectivity index (χ0) is 7.19. The molecule has 1 aliphatic carbocycles. The van der Waals surface area contributed by atoms with Gasteiger partial charge in [-0.15, -0.1) is 0 Å². The lowest BCUT2D eigenvalue weighted by molar-refractivity contribution is -0.122. The highest BCUT2D eigenvalue weighted by atomic mass is 16.2. The highest BCUT2D eigenvalue weighted by molar-refractivity contribution is 5.82. The fraction of sp³-hybridized carbons (Fsp3) is 0.875. The molecular formula is C8H13NO. The van der Waals surface area contributed by atoms with E-state index < -0.39 is 0 Å². The van der Waals surface area contributed by atoms with Gasteiger partial charge in [0.1, 0.15) is 0 Å². The number of nitrogens with one attached hydrogen (secondary N) is 1. The number of carbonyl (C=O) groups excluding carboxylic acids is 1. The number of hydrogen-bond donors (Lipinski definition) is 1. The van der Waals surface area contributed by atoms with Gasteiger partial charge in [-0.05, 0) is 25.7 Å². The fourth-order valence-corrected chi connectivity index (χ4v) is 1.79. The van der Waals surface area contributed by atoms with Crippen molar-refractivity contribution in [2.45, 2.75) is 38.1 Å². The Kier molecular flexibility index (Phi) is 1.08. The Balaban J connectivity index is 2.07. The topological polar surface area (TPSA) is 29.1 Å². The van der Waals surface area contributed by atoms with Crippen LogP contribution in [0.5, 0.6) is 0 Å². The van der Waals surface area contributed by atoms with E-state index in [2.05, 4.69) is 12.2 Å². The number of carbonyl (C=O) groups is 1. The average molecular weight is 139 g/mol. The van der Waals surface area contributed by atoms with Crippen molar-refractivity contribution in [2.24, 2.45) is 5.92 Å².